The predicted octanol–water partition coefficient (Wildman–Crippen LogP) is 4.21. The largest absolute Gasteiger partial charge is 0.348 e. The van der Waals surface area contributed by atoms with Crippen LogP contribution in [0.25, 0.3) is 0 Å². The Balaban J connectivity index is 1.95. The molecule has 0 unspecified atom stereocenters. The molecule has 80 valence electrons. The zero-order valence-corrected chi connectivity index (χ0v) is 9.94. The third-order valence-corrected chi connectivity index (χ3v) is 3.84. The molecule has 0 saturated carbocycles. The summed E-state index contributed by atoms with van der Waals surface area (Å²) in [7, 11) is -1.18. The molecular weight excluding hydrogens is 215 g/mol. The summed E-state index contributed by atoms with van der Waals surface area (Å²) in [6, 6.07) is 20.0. The maximum atomic E-state index is 11.9. The average Bonchev–Trinajstić information content (AvgIpc) is 2.31. The van der Waals surface area contributed by atoms with Crippen molar-refractivity contribution in [1.82, 2.24) is 0 Å². The molecule has 0 atom stereocenters. The third kappa shape index (κ3) is 3.29. The topological polar surface area (TPSA) is 17.1 Å². The first-order chi connectivity index (χ1) is 7.84. The van der Waals surface area contributed by atoms with E-state index in [2.05, 4.69) is 0 Å². The molecule has 2 aromatic rings. The molecule has 0 fully saturated rings. The van der Waals surface area contributed by atoms with E-state index in [0.29, 0.717) is 12.3 Å². The van der Waals surface area contributed by atoms with Gasteiger partial charge in [0.2, 0.25) is 0 Å². The van der Waals surface area contributed by atoms with Crippen LogP contribution in [0.4, 0.5) is 0 Å². The summed E-state index contributed by atoms with van der Waals surface area (Å²) < 4.78 is 11.9. The highest BCUT2D eigenvalue weighted by Gasteiger charge is 2.16. The van der Waals surface area contributed by atoms with Gasteiger partial charge in [0, 0.05) is 0 Å². The first kappa shape index (κ1) is 11.0. The van der Waals surface area contributed by atoms with Crippen molar-refractivity contribution in [2.75, 3.05) is 0 Å². The van der Waals surface area contributed by atoms with Crippen LogP contribution in [0.15, 0.2) is 60.7 Å². The quantitative estimate of drug-likeness (QED) is 0.717. The molecule has 1 nitrogen and oxygen atoms in total. The molecule has 2 heteroatoms. The Labute approximate surface area is 96.9 Å². The Bertz CT molecular complexity index is 407. The van der Waals surface area contributed by atoms with Crippen LogP contribution in [0.5, 0.6) is 0 Å². The summed E-state index contributed by atoms with van der Waals surface area (Å²) in [6.07, 6.45) is 1.34. The molecule has 0 aromatic heterocycles. The number of rotatable bonds is 4. The second-order valence-corrected chi connectivity index (χ2v) is 5.37. The van der Waals surface area contributed by atoms with E-state index >= 15 is 0 Å². The summed E-state index contributed by atoms with van der Waals surface area (Å²) in [5, 5.41) is 0. The molecule has 2 aromatic carbocycles. The highest BCUT2D eigenvalue weighted by molar-refractivity contribution is 7.42. The molecule has 0 radical (unpaired) electrons. The molecule has 0 amide bonds. The lowest BCUT2D eigenvalue weighted by atomic mass is 10.2. The predicted molar refractivity (Wildman–Crippen MR) is 67.9 cm³/mol. The van der Waals surface area contributed by atoms with Gasteiger partial charge in [-0.3, -0.25) is 0 Å². The number of hydrogen-bond acceptors (Lipinski definition) is 1. The Morgan fingerprint density at radius 3 is 1.44 bits per heavy atom. The molecule has 0 saturated heterocycles. The van der Waals surface area contributed by atoms with Crippen LogP contribution >= 0.6 is 7.80 Å². The minimum atomic E-state index is -1.18. The molecular formula is C14H14OP+. The minimum Gasteiger partial charge on any atom is -0.0740 e. The van der Waals surface area contributed by atoms with E-state index in [4.69, 9.17) is 0 Å². The van der Waals surface area contributed by atoms with Crippen molar-refractivity contribution in [3.8, 4) is 0 Å². The van der Waals surface area contributed by atoms with Crippen molar-refractivity contribution >= 4 is 7.80 Å². The van der Waals surface area contributed by atoms with Gasteiger partial charge in [-0.05, 0) is 11.1 Å². The van der Waals surface area contributed by atoms with Crippen LogP contribution in [0.2, 0.25) is 0 Å². The van der Waals surface area contributed by atoms with Crippen LogP contribution in [0.1, 0.15) is 11.1 Å². The summed E-state index contributed by atoms with van der Waals surface area (Å²) in [4.78, 5) is 0. The molecule has 2 rings (SSSR count). The second-order valence-electron chi connectivity index (χ2n) is 3.77. The van der Waals surface area contributed by atoms with E-state index in [0.717, 1.165) is 11.1 Å². The molecule has 0 aliphatic rings. The van der Waals surface area contributed by atoms with Crippen molar-refractivity contribution in [2.24, 2.45) is 0 Å². The van der Waals surface area contributed by atoms with Gasteiger partial charge in [-0.15, -0.1) is 0 Å². The zero-order chi connectivity index (χ0) is 11.2. The molecule has 16 heavy (non-hydrogen) atoms. The van der Waals surface area contributed by atoms with Crippen molar-refractivity contribution in [1.29, 1.82) is 0 Å². The van der Waals surface area contributed by atoms with Gasteiger partial charge in [0.15, 0.2) is 12.3 Å². The van der Waals surface area contributed by atoms with E-state index in [-0.39, 0.29) is 0 Å². The Morgan fingerprint density at radius 1 is 0.688 bits per heavy atom. The van der Waals surface area contributed by atoms with Crippen LogP contribution in [0, 0.1) is 0 Å². The monoisotopic (exact) mass is 229 g/mol. The first-order valence-electron chi connectivity index (χ1n) is 5.34. The fourth-order valence-electron chi connectivity index (χ4n) is 1.63. The van der Waals surface area contributed by atoms with Gasteiger partial charge in [-0.1, -0.05) is 65.2 Å². The highest BCUT2D eigenvalue weighted by atomic mass is 31.1. The lowest BCUT2D eigenvalue weighted by molar-refractivity contribution is 0.587. The van der Waals surface area contributed by atoms with Gasteiger partial charge < -0.3 is 0 Å². The zero-order valence-electron chi connectivity index (χ0n) is 9.04. The summed E-state index contributed by atoms with van der Waals surface area (Å²) in [5.74, 6) is 0. The van der Waals surface area contributed by atoms with Crippen LogP contribution in [-0.4, -0.2) is 0 Å². The molecule has 0 N–H and O–H groups in total. The summed E-state index contributed by atoms with van der Waals surface area (Å²) in [6.45, 7) is 0. The standard InChI is InChI=1S/C14H14OP/c15-16(11-13-7-3-1-4-8-13)12-14-9-5-2-6-10-14/h1-10H,11-12H2/q+1. The lowest BCUT2D eigenvalue weighted by Crippen LogP contribution is -1.83. The normalized spacial score (nSPS) is 10.0. The average molecular weight is 229 g/mol. The Kier molecular flexibility index (Phi) is 3.85. The molecule has 0 spiro atoms. The van der Waals surface area contributed by atoms with Crippen LogP contribution in [-0.2, 0) is 16.9 Å². The molecule has 0 heterocycles. The Morgan fingerprint density at radius 2 is 1.06 bits per heavy atom. The fourth-order valence-corrected chi connectivity index (χ4v) is 2.98. The van der Waals surface area contributed by atoms with Crippen LogP contribution < -0.4 is 0 Å². The summed E-state index contributed by atoms with van der Waals surface area (Å²) in [5.41, 5.74) is 2.30. The maximum absolute atomic E-state index is 11.9. The molecule has 0 aliphatic carbocycles. The maximum Gasteiger partial charge on any atom is 0.348 e. The highest BCUT2D eigenvalue weighted by Crippen LogP contribution is 2.31. The van der Waals surface area contributed by atoms with Crippen molar-refractivity contribution in [3.05, 3.63) is 71.8 Å². The van der Waals surface area contributed by atoms with Crippen LogP contribution in [0.3, 0.4) is 0 Å². The van der Waals surface area contributed by atoms with E-state index in [1.165, 1.54) is 0 Å². The minimum absolute atomic E-state index is 0.672. The Hall–Kier alpha value is -1.46. The summed E-state index contributed by atoms with van der Waals surface area (Å²) >= 11 is 0. The van der Waals surface area contributed by atoms with E-state index in [9.17, 15) is 4.57 Å². The van der Waals surface area contributed by atoms with Gasteiger partial charge in [-0.2, -0.15) is 0 Å². The smallest absolute Gasteiger partial charge is 0.0740 e. The van der Waals surface area contributed by atoms with Crippen molar-refractivity contribution in [3.63, 3.8) is 0 Å². The van der Waals surface area contributed by atoms with Gasteiger partial charge in [-0.25, -0.2) is 0 Å². The van der Waals surface area contributed by atoms with Gasteiger partial charge in [0.25, 0.3) is 0 Å². The van der Waals surface area contributed by atoms with Crippen molar-refractivity contribution in [2.45, 2.75) is 12.3 Å². The van der Waals surface area contributed by atoms with Gasteiger partial charge in [0.05, 0.1) is 0 Å². The van der Waals surface area contributed by atoms with E-state index in [1.54, 1.807) is 0 Å². The van der Waals surface area contributed by atoms with E-state index in [1.807, 2.05) is 60.7 Å². The van der Waals surface area contributed by atoms with E-state index < -0.39 is 7.80 Å². The third-order valence-electron chi connectivity index (χ3n) is 2.40. The second kappa shape index (κ2) is 5.58. The van der Waals surface area contributed by atoms with Crippen molar-refractivity contribution < 1.29 is 4.57 Å². The lowest BCUT2D eigenvalue weighted by Gasteiger charge is -1.93. The number of benzene rings is 2. The molecule has 0 bridgehead atoms. The van der Waals surface area contributed by atoms with Gasteiger partial charge in [0.1, 0.15) is 0 Å². The van der Waals surface area contributed by atoms with Gasteiger partial charge >= 0.3 is 7.80 Å². The fraction of sp³-hybridized carbons (Fsp3) is 0.143. The SMILES string of the molecule is O=[P+](Cc1ccccc1)Cc1ccccc1. The molecule has 0 aliphatic heterocycles. The number of hydrogen-bond donors (Lipinski definition) is 0. The first-order valence-corrected chi connectivity index (χ1v) is 6.97.